The van der Waals surface area contributed by atoms with Crippen LogP contribution in [0.25, 0.3) is 16.7 Å². The lowest BCUT2D eigenvalue weighted by atomic mass is 10.2. The highest BCUT2D eigenvalue weighted by molar-refractivity contribution is 5.79. The Hall–Kier alpha value is -3.25. The molecule has 0 aliphatic carbocycles. The minimum Gasteiger partial charge on any atom is -0.490 e. The predicted molar refractivity (Wildman–Crippen MR) is 107 cm³/mol. The molecule has 2 heterocycles. The number of anilines is 1. The molecule has 6 heteroatoms. The zero-order valence-electron chi connectivity index (χ0n) is 15.3. The van der Waals surface area contributed by atoms with Gasteiger partial charge in [-0.15, -0.1) is 0 Å². The standard InChI is InChI=1S/C21H23N3O3/c1-4-9-26-17-6-8-20-15(10-17)11-18(27-20)12-23-14(2)19-7-5-16(13-25-3)24-21(19)22/h4-8,10-11,23H,1-2,9,12-13H2,3H3,(H2,22,24). The van der Waals surface area contributed by atoms with Crippen LogP contribution in [0.3, 0.4) is 0 Å². The number of nitrogen functional groups attached to an aromatic ring is 1. The van der Waals surface area contributed by atoms with Crippen molar-refractivity contribution < 1.29 is 13.9 Å². The molecular weight excluding hydrogens is 342 g/mol. The number of ether oxygens (including phenoxy) is 2. The summed E-state index contributed by atoms with van der Waals surface area (Å²) in [4.78, 5) is 4.32. The molecule has 3 rings (SSSR count). The summed E-state index contributed by atoms with van der Waals surface area (Å²) < 4.78 is 16.5. The SMILES string of the molecule is C=CCOc1ccc2oc(CNC(=C)c3ccc(COC)nc3N)cc2c1. The van der Waals surface area contributed by atoms with E-state index in [1.54, 1.807) is 13.2 Å². The van der Waals surface area contributed by atoms with E-state index in [9.17, 15) is 0 Å². The molecule has 6 nitrogen and oxygen atoms in total. The van der Waals surface area contributed by atoms with Gasteiger partial charge in [0.2, 0.25) is 0 Å². The number of pyridine rings is 1. The summed E-state index contributed by atoms with van der Waals surface area (Å²) in [6.07, 6.45) is 1.71. The molecule has 2 aromatic heterocycles. The zero-order chi connectivity index (χ0) is 19.2. The van der Waals surface area contributed by atoms with Crippen LogP contribution in [0.5, 0.6) is 5.75 Å². The minimum absolute atomic E-state index is 0.413. The summed E-state index contributed by atoms with van der Waals surface area (Å²) in [6.45, 7) is 9.06. The maximum atomic E-state index is 6.03. The Labute approximate surface area is 158 Å². The summed E-state index contributed by atoms with van der Waals surface area (Å²) >= 11 is 0. The second-order valence-electron chi connectivity index (χ2n) is 6.01. The summed E-state index contributed by atoms with van der Waals surface area (Å²) in [5.74, 6) is 1.98. The van der Waals surface area contributed by atoms with Gasteiger partial charge in [-0.1, -0.05) is 19.2 Å². The highest BCUT2D eigenvalue weighted by Crippen LogP contribution is 2.25. The van der Waals surface area contributed by atoms with Crippen molar-refractivity contribution in [2.24, 2.45) is 0 Å². The van der Waals surface area contributed by atoms with Crippen LogP contribution in [0, 0.1) is 0 Å². The lowest BCUT2D eigenvalue weighted by Gasteiger charge is -2.11. The first-order valence-corrected chi connectivity index (χ1v) is 8.54. The molecule has 0 radical (unpaired) electrons. The van der Waals surface area contributed by atoms with E-state index in [4.69, 9.17) is 19.6 Å². The summed E-state index contributed by atoms with van der Waals surface area (Å²) in [6, 6.07) is 11.4. The van der Waals surface area contributed by atoms with E-state index in [0.717, 1.165) is 33.7 Å². The number of aromatic nitrogens is 1. The fourth-order valence-electron chi connectivity index (χ4n) is 2.70. The van der Waals surface area contributed by atoms with E-state index in [0.29, 0.717) is 31.3 Å². The third kappa shape index (κ3) is 4.48. The van der Waals surface area contributed by atoms with Crippen molar-refractivity contribution in [2.45, 2.75) is 13.2 Å². The number of nitrogens with two attached hydrogens (primary N) is 1. The lowest BCUT2D eigenvalue weighted by Crippen LogP contribution is -2.12. The highest BCUT2D eigenvalue weighted by Gasteiger charge is 2.09. The summed E-state index contributed by atoms with van der Waals surface area (Å²) in [7, 11) is 1.62. The molecule has 0 spiro atoms. The van der Waals surface area contributed by atoms with E-state index in [1.165, 1.54) is 0 Å². The van der Waals surface area contributed by atoms with Gasteiger partial charge in [0.25, 0.3) is 0 Å². The molecule has 0 amide bonds. The third-order valence-corrected chi connectivity index (χ3v) is 3.98. The van der Waals surface area contributed by atoms with Crippen LogP contribution in [0.15, 0.2) is 60.0 Å². The largest absolute Gasteiger partial charge is 0.490 e. The zero-order valence-corrected chi connectivity index (χ0v) is 15.3. The number of methoxy groups -OCH3 is 1. The first-order valence-electron chi connectivity index (χ1n) is 8.54. The quantitative estimate of drug-likeness (QED) is 0.560. The van der Waals surface area contributed by atoms with Crippen molar-refractivity contribution in [2.75, 3.05) is 19.5 Å². The van der Waals surface area contributed by atoms with Gasteiger partial charge in [0.1, 0.15) is 29.5 Å². The Bertz CT molecular complexity index is 962. The molecular formula is C21H23N3O3. The van der Waals surface area contributed by atoms with Crippen molar-refractivity contribution in [1.82, 2.24) is 10.3 Å². The Morgan fingerprint density at radius 3 is 2.89 bits per heavy atom. The lowest BCUT2D eigenvalue weighted by molar-refractivity contribution is 0.181. The second-order valence-corrected chi connectivity index (χ2v) is 6.01. The number of hydrogen-bond donors (Lipinski definition) is 2. The Morgan fingerprint density at radius 1 is 1.30 bits per heavy atom. The predicted octanol–water partition coefficient (Wildman–Crippen LogP) is 3.88. The first kappa shape index (κ1) is 18.5. The molecule has 3 aromatic rings. The van der Waals surface area contributed by atoms with Gasteiger partial charge in [0, 0.05) is 23.8 Å². The van der Waals surface area contributed by atoms with Crippen LogP contribution in [-0.2, 0) is 17.9 Å². The van der Waals surface area contributed by atoms with Crippen LogP contribution < -0.4 is 15.8 Å². The maximum Gasteiger partial charge on any atom is 0.134 e. The van der Waals surface area contributed by atoms with Gasteiger partial charge in [-0.3, -0.25) is 0 Å². The summed E-state index contributed by atoms with van der Waals surface area (Å²) in [5, 5.41) is 4.21. The van der Waals surface area contributed by atoms with E-state index in [1.807, 2.05) is 36.4 Å². The van der Waals surface area contributed by atoms with Gasteiger partial charge >= 0.3 is 0 Å². The van der Waals surface area contributed by atoms with Crippen molar-refractivity contribution in [3.8, 4) is 5.75 Å². The fraction of sp³-hybridized carbons (Fsp3) is 0.190. The topological polar surface area (TPSA) is 82.5 Å². The first-order chi connectivity index (χ1) is 13.1. The Balaban J connectivity index is 1.67. The van der Waals surface area contributed by atoms with E-state index < -0.39 is 0 Å². The van der Waals surface area contributed by atoms with Crippen molar-refractivity contribution in [1.29, 1.82) is 0 Å². The monoisotopic (exact) mass is 365 g/mol. The Morgan fingerprint density at radius 2 is 2.15 bits per heavy atom. The Kier molecular flexibility index (Phi) is 5.78. The molecule has 0 bridgehead atoms. The molecule has 0 fully saturated rings. The molecule has 140 valence electrons. The second kappa shape index (κ2) is 8.42. The average molecular weight is 365 g/mol. The smallest absolute Gasteiger partial charge is 0.134 e. The van der Waals surface area contributed by atoms with Crippen LogP contribution in [0.4, 0.5) is 5.82 Å². The van der Waals surface area contributed by atoms with Crippen LogP contribution >= 0.6 is 0 Å². The number of fused-ring (bicyclic) bond motifs is 1. The maximum absolute atomic E-state index is 6.03. The van der Waals surface area contributed by atoms with Gasteiger partial charge in [0.05, 0.1) is 18.8 Å². The number of nitrogens with zero attached hydrogens (tertiary/aromatic N) is 1. The van der Waals surface area contributed by atoms with Crippen LogP contribution in [-0.4, -0.2) is 18.7 Å². The minimum atomic E-state index is 0.413. The summed E-state index contributed by atoms with van der Waals surface area (Å²) in [5.41, 5.74) is 9.04. The van der Waals surface area contributed by atoms with E-state index in [2.05, 4.69) is 23.5 Å². The van der Waals surface area contributed by atoms with Gasteiger partial charge in [-0.2, -0.15) is 0 Å². The number of nitrogens with one attached hydrogen (secondary N) is 1. The molecule has 0 saturated carbocycles. The molecule has 0 saturated heterocycles. The molecule has 1 aromatic carbocycles. The average Bonchev–Trinajstić information content (AvgIpc) is 3.07. The fourth-order valence-corrected chi connectivity index (χ4v) is 2.70. The highest BCUT2D eigenvalue weighted by atomic mass is 16.5. The number of benzene rings is 1. The third-order valence-electron chi connectivity index (χ3n) is 3.98. The van der Waals surface area contributed by atoms with Crippen molar-refractivity contribution >= 4 is 22.5 Å². The molecule has 0 unspecified atom stereocenters. The molecule has 0 atom stereocenters. The van der Waals surface area contributed by atoms with Crippen LogP contribution in [0.2, 0.25) is 0 Å². The van der Waals surface area contributed by atoms with Gasteiger partial charge in [-0.25, -0.2) is 4.98 Å². The molecule has 27 heavy (non-hydrogen) atoms. The van der Waals surface area contributed by atoms with E-state index in [-0.39, 0.29) is 0 Å². The molecule has 0 aliphatic rings. The normalized spacial score (nSPS) is 10.7. The van der Waals surface area contributed by atoms with E-state index >= 15 is 0 Å². The van der Waals surface area contributed by atoms with Crippen LogP contribution in [0.1, 0.15) is 17.0 Å². The molecule has 0 aliphatic heterocycles. The number of rotatable bonds is 9. The molecule has 3 N–H and O–H groups in total. The number of furan rings is 1. The van der Waals surface area contributed by atoms with Crippen molar-refractivity contribution in [3.63, 3.8) is 0 Å². The van der Waals surface area contributed by atoms with Gasteiger partial charge < -0.3 is 24.9 Å². The van der Waals surface area contributed by atoms with Crippen molar-refractivity contribution in [3.05, 3.63) is 72.6 Å². The van der Waals surface area contributed by atoms with Gasteiger partial charge in [-0.05, 0) is 36.4 Å². The number of hydrogen-bond acceptors (Lipinski definition) is 6. The van der Waals surface area contributed by atoms with Gasteiger partial charge in [0.15, 0.2) is 0 Å².